The van der Waals surface area contributed by atoms with Gasteiger partial charge in [-0.2, -0.15) is 0 Å². The molecular formula is C17H19N5O2. The molecule has 2 saturated heterocycles. The fourth-order valence-electron chi connectivity index (χ4n) is 3.63. The summed E-state index contributed by atoms with van der Waals surface area (Å²) in [7, 11) is 1.83. The molecular weight excluding hydrogens is 306 g/mol. The van der Waals surface area contributed by atoms with E-state index in [0.29, 0.717) is 31.1 Å². The Bertz CT molecular complexity index is 772. The first-order valence-corrected chi connectivity index (χ1v) is 8.16. The minimum atomic E-state index is -0.122. The van der Waals surface area contributed by atoms with Gasteiger partial charge < -0.3 is 9.80 Å². The number of fused-ring (bicyclic) bond motifs is 1. The van der Waals surface area contributed by atoms with Crippen molar-refractivity contribution in [3.05, 3.63) is 42.2 Å². The van der Waals surface area contributed by atoms with E-state index >= 15 is 0 Å². The van der Waals surface area contributed by atoms with Crippen LogP contribution in [0.1, 0.15) is 23.3 Å². The first-order valence-electron chi connectivity index (χ1n) is 8.16. The second-order valence-electron chi connectivity index (χ2n) is 6.46. The molecule has 7 heteroatoms. The summed E-state index contributed by atoms with van der Waals surface area (Å²) in [5, 5.41) is 8.08. The van der Waals surface area contributed by atoms with Crippen LogP contribution in [0.3, 0.4) is 0 Å². The van der Waals surface area contributed by atoms with E-state index in [-0.39, 0.29) is 17.9 Å². The molecule has 0 N–H and O–H groups in total. The summed E-state index contributed by atoms with van der Waals surface area (Å²) in [5.74, 6) is 0.421. The number of rotatable bonds is 2. The average molecular weight is 325 g/mol. The van der Waals surface area contributed by atoms with Gasteiger partial charge in [-0.3, -0.25) is 9.59 Å². The summed E-state index contributed by atoms with van der Waals surface area (Å²) in [6.45, 7) is 1.24. The van der Waals surface area contributed by atoms with Crippen molar-refractivity contribution < 1.29 is 9.59 Å². The Kier molecular flexibility index (Phi) is 3.55. The third-order valence-corrected chi connectivity index (χ3v) is 5.07. The number of amides is 2. The Hall–Kier alpha value is -2.70. The van der Waals surface area contributed by atoms with Gasteiger partial charge in [-0.1, -0.05) is 23.4 Å². The second-order valence-corrected chi connectivity index (χ2v) is 6.46. The SMILES string of the molecule is CN1C(=O)C[C@H]2CCN(C(=O)c3cn(-c4ccccc4)nn3)C[C@H]21. The lowest BCUT2D eigenvalue weighted by Gasteiger charge is -2.36. The standard InChI is InChI=1S/C17H19N5O2/c1-20-15-11-21(8-7-12(15)9-16(20)23)17(24)14-10-22(19-18-14)13-5-3-2-4-6-13/h2-6,10,12,15H,7-9,11H2,1H3/t12-,15-/m1/s1. The highest BCUT2D eigenvalue weighted by Gasteiger charge is 2.42. The topological polar surface area (TPSA) is 71.3 Å². The number of aromatic nitrogens is 3. The lowest BCUT2D eigenvalue weighted by Crippen LogP contribution is -2.49. The molecule has 2 aliphatic heterocycles. The Morgan fingerprint density at radius 3 is 2.83 bits per heavy atom. The maximum absolute atomic E-state index is 12.7. The minimum Gasteiger partial charge on any atom is -0.341 e. The molecule has 124 valence electrons. The van der Waals surface area contributed by atoms with Crippen molar-refractivity contribution in [2.24, 2.45) is 5.92 Å². The zero-order valence-electron chi connectivity index (χ0n) is 13.5. The van der Waals surface area contributed by atoms with Crippen molar-refractivity contribution in [3.8, 4) is 5.69 Å². The van der Waals surface area contributed by atoms with Crippen molar-refractivity contribution in [2.45, 2.75) is 18.9 Å². The van der Waals surface area contributed by atoms with E-state index in [9.17, 15) is 9.59 Å². The van der Waals surface area contributed by atoms with Gasteiger partial charge in [0.05, 0.1) is 17.9 Å². The van der Waals surface area contributed by atoms with Crippen LogP contribution >= 0.6 is 0 Å². The molecule has 3 heterocycles. The fourth-order valence-corrected chi connectivity index (χ4v) is 3.63. The molecule has 0 aliphatic carbocycles. The maximum atomic E-state index is 12.7. The summed E-state index contributed by atoms with van der Waals surface area (Å²) < 4.78 is 1.60. The van der Waals surface area contributed by atoms with Gasteiger partial charge in [0.2, 0.25) is 5.91 Å². The van der Waals surface area contributed by atoms with Gasteiger partial charge in [-0.25, -0.2) is 4.68 Å². The number of likely N-dealkylation sites (tertiary alicyclic amines) is 2. The number of likely N-dealkylation sites (N-methyl/N-ethyl adjacent to an activating group) is 1. The van der Waals surface area contributed by atoms with Crippen molar-refractivity contribution >= 4 is 11.8 Å². The molecule has 2 aromatic rings. The lowest BCUT2D eigenvalue weighted by atomic mass is 9.92. The minimum absolute atomic E-state index is 0.122. The van der Waals surface area contributed by atoms with Gasteiger partial charge in [0, 0.05) is 26.6 Å². The largest absolute Gasteiger partial charge is 0.341 e. The highest BCUT2D eigenvalue weighted by molar-refractivity contribution is 5.92. The van der Waals surface area contributed by atoms with E-state index in [1.807, 2.05) is 37.4 Å². The molecule has 2 fully saturated rings. The van der Waals surface area contributed by atoms with Gasteiger partial charge in [-0.15, -0.1) is 5.10 Å². The normalized spacial score (nSPS) is 23.5. The van der Waals surface area contributed by atoms with Crippen LogP contribution in [0.4, 0.5) is 0 Å². The highest BCUT2D eigenvalue weighted by Crippen LogP contribution is 2.31. The van der Waals surface area contributed by atoms with Crippen LogP contribution in [0.2, 0.25) is 0 Å². The van der Waals surface area contributed by atoms with Crippen molar-refractivity contribution in [1.82, 2.24) is 24.8 Å². The Morgan fingerprint density at radius 2 is 2.04 bits per heavy atom. The van der Waals surface area contributed by atoms with Crippen LogP contribution in [0.5, 0.6) is 0 Å². The smallest absolute Gasteiger partial charge is 0.276 e. The number of carbonyl (C=O) groups excluding carboxylic acids is 2. The summed E-state index contributed by atoms with van der Waals surface area (Å²) in [6, 6.07) is 9.70. The molecule has 2 atom stereocenters. The van der Waals surface area contributed by atoms with Crippen molar-refractivity contribution in [3.63, 3.8) is 0 Å². The number of nitrogens with zero attached hydrogens (tertiary/aromatic N) is 5. The van der Waals surface area contributed by atoms with Crippen LogP contribution in [-0.4, -0.2) is 62.8 Å². The Labute approximate surface area is 139 Å². The molecule has 1 aromatic heterocycles. The number of piperidine rings is 1. The predicted molar refractivity (Wildman–Crippen MR) is 86.5 cm³/mol. The molecule has 7 nitrogen and oxygen atoms in total. The molecule has 0 spiro atoms. The molecule has 0 bridgehead atoms. The third-order valence-electron chi connectivity index (χ3n) is 5.07. The van der Waals surface area contributed by atoms with E-state index in [0.717, 1.165) is 12.1 Å². The van der Waals surface area contributed by atoms with Gasteiger partial charge in [0.1, 0.15) is 0 Å². The number of para-hydroxylation sites is 1. The van der Waals surface area contributed by atoms with Gasteiger partial charge >= 0.3 is 0 Å². The molecule has 2 amide bonds. The lowest BCUT2D eigenvalue weighted by molar-refractivity contribution is -0.127. The van der Waals surface area contributed by atoms with Gasteiger partial charge in [0.15, 0.2) is 5.69 Å². The van der Waals surface area contributed by atoms with Crippen LogP contribution < -0.4 is 0 Å². The molecule has 1 aromatic carbocycles. The number of hydrogen-bond acceptors (Lipinski definition) is 4. The summed E-state index contributed by atoms with van der Waals surface area (Å²) in [5.41, 5.74) is 1.20. The van der Waals surface area contributed by atoms with Gasteiger partial charge in [0.25, 0.3) is 5.91 Å². The number of hydrogen-bond donors (Lipinski definition) is 0. The fraction of sp³-hybridized carbons (Fsp3) is 0.412. The van der Waals surface area contributed by atoms with Crippen molar-refractivity contribution in [1.29, 1.82) is 0 Å². The van der Waals surface area contributed by atoms with Gasteiger partial charge in [-0.05, 0) is 24.5 Å². The van der Waals surface area contributed by atoms with E-state index in [1.54, 1.807) is 20.7 Å². The first-order chi connectivity index (χ1) is 11.6. The average Bonchev–Trinajstić information content (AvgIpc) is 3.21. The summed E-state index contributed by atoms with van der Waals surface area (Å²) in [4.78, 5) is 28.1. The quantitative estimate of drug-likeness (QED) is 0.824. The molecule has 0 radical (unpaired) electrons. The van der Waals surface area contributed by atoms with Crippen LogP contribution in [-0.2, 0) is 4.79 Å². The predicted octanol–water partition coefficient (Wildman–Crippen LogP) is 0.960. The van der Waals surface area contributed by atoms with Crippen LogP contribution in [0.15, 0.2) is 36.5 Å². The third kappa shape index (κ3) is 2.46. The molecule has 4 rings (SSSR count). The number of benzene rings is 1. The maximum Gasteiger partial charge on any atom is 0.276 e. The van der Waals surface area contributed by atoms with Crippen molar-refractivity contribution in [2.75, 3.05) is 20.1 Å². The highest BCUT2D eigenvalue weighted by atomic mass is 16.2. The summed E-state index contributed by atoms with van der Waals surface area (Å²) in [6.07, 6.45) is 3.12. The number of carbonyl (C=O) groups is 2. The van der Waals surface area contributed by atoms with E-state index in [1.165, 1.54) is 0 Å². The first kappa shape index (κ1) is 14.9. The Balaban J connectivity index is 1.51. The molecule has 0 saturated carbocycles. The molecule has 2 aliphatic rings. The summed E-state index contributed by atoms with van der Waals surface area (Å²) >= 11 is 0. The van der Waals surface area contributed by atoms with E-state index in [4.69, 9.17) is 0 Å². The second kappa shape index (κ2) is 5.74. The van der Waals surface area contributed by atoms with E-state index < -0.39 is 0 Å². The monoisotopic (exact) mass is 325 g/mol. The zero-order chi connectivity index (χ0) is 16.7. The zero-order valence-corrected chi connectivity index (χ0v) is 13.5. The molecule has 24 heavy (non-hydrogen) atoms. The molecule has 0 unspecified atom stereocenters. The Morgan fingerprint density at radius 1 is 1.25 bits per heavy atom. The van der Waals surface area contributed by atoms with Crippen LogP contribution in [0.25, 0.3) is 5.69 Å². The van der Waals surface area contributed by atoms with Crippen LogP contribution in [0, 0.1) is 5.92 Å². The van der Waals surface area contributed by atoms with E-state index in [2.05, 4.69) is 10.3 Å².